The zero-order valence-electron chi connectivity index (χ0n) is 8.51. The lowest BCUT2D eigenvalue weighted by Gasteiger charge is -2.03. The van der Waals surface area contributed by atoms with Crippen LogP contribution in [0.25, 0.3) is 16.8 Å². The molecule has 0 atom stereocenters. The van der Waals surface area contributed by atoms with Crippen LogP contribution in [0.2, 0.25) is 5.28 Å². The molecule has 0 saturated heterocycles. The standard InChI is InChI=1S/C11H6ClFN4/c12-11-16-10(4-9-1-2-15-17(9)11)7-3-8(13)6-14-5-7/h1-6H. The number of nitrogens with zero attached hydrogens (tertiary/aromatic N) is 4. The summed E-state index contributed by atoms with van der Waals surface area (Å²) >= 11 is 5.97. The van der Waals surface area contributed by atoms with Crippen molar-refractivity contribution in [3.63, 3.8) is 0 Å². The Morgan fingerprint density at radius 3 is 2.94 bits per heavy atom. The first-order valence-corrected chi connectivity index (χ1v) is 5.23. The number of pyridine rings is 1. The van der Waals surface area contributed by atoms with Gasteiger partial charge in [-0.1, -0.05) is 0 Å². The summed E-state index contributed by atoms with van der Waals surface area (Å²) in [5.41, 5.74) is 1.94. The van der Waals surface area contributed by atoms with Crippen molar-refractivity contribution >= 4 is 17.1 Å². The summed E-state index contributed by atoms with van der Waals surface area (Å²) in [6.45, 7) is 0. The van der Waals surface area contributed by atoms with Crippen LogP contribution in [0.3, 0.4) is 0 Å². The van der Waals surface area contributed by atoms with Gasteiger partial charge < -0.3 is 0 Å². The molecule has 0 bridgehead atoms. The minimum atomic E-state index is -0.409. The molecule has 0 aliphatic carbocycles. The van der Waals surface area contributed by atoms with Crippen molar-refractivity contribution in [3.05, 3.63) is 47.9 Å². The summed E-state index contributed by atoms with van der Waals surface area (Å²) in [6.07, 6.45) is 4.30. The smallest absolute Gasteiger partial charge is 0.224 e. The summed E-state index contributed by atoms with van der Waals surface area (Å²) in [5.74, 6) is -0.409. The highest BCUT2D eigenvalue weighted by molar-refractivity contribution is 6.28. The number of hydrogen-bond donors (Lipinski definition) is 0. The van der Waals surface area contributed by atoms with Gasteiger partial charge in [0, 0.05) is 11.8 Å². The molecule has 0 unspecified atom stereocenters. The molecular formula is C11H6ClFN4. The Hall–Kier alpha value is -2.01. The van der Waals surface area contributed by atoms with Crippen LogP contribution >= 0.6 is 11.6 Å². The molecule has 3 rings (SSSR count). The van der Waals surface area contributed by atoms with Crippen LogP contribution in [-0.4, -0.2) is 19.6 Å². The fraction of sp³-hybridized carbons (Fsp3) is 0. The molecule has 3 aromatic rings. The second-order valence-electron chi connectivity index (χ2n) is 3.47. The average Bonchev–Trinajstić information content (AvgIpc) is 2.77. The first-order valence-electron chi connectivity index (χ1n) is 4.85. The third-order valence-electron chi connectivity index (χ3n) is 2.34. The molecule has 3 aromatic heterocycles. The van der Waals surface area contributed by atoms with Gasteiger partial charge in [0.15, 0.2) is 0 Å². The van der Waals surface area contributed by atoms with Gasteiger partial charge in [0.25, 0.3) is 0 Å². The Bertz CT molecular complexity index is 695. The van der Waals surface area contributed by atoms with Crippen LogP contribution in [0.15, 0.2) is 36.8 Å². The minimum absolute atomic E-state index is 0.228. The maximum Gasteiger partial charge on any atom is 0.224 e. The van der Waals surface area contributed by atoms with Gasteiger partial charge in [0.2, 0.25) is 5.28 Å². The summed E-state index contributed by atoms with van der Waals surface area (Å²) < 4.78 is 14.6. The third kappa shape index (κ3) is 1.74. The maximum absolute atomic E-state index is 13.1. The number of rotatable bonds is 1. The summed E-state index contributed by atoms with van der Waals surface area (Å²) in [4.78, 5) is 7.92. The van der Waals surface area contributed by atoms with Gasteiger partial charge in [-0.05, 0) is 29.8 Å². The van der Waals surface area contributed by atoms with Crippen LogP contribution in [0.1, 0.15) is 0 Å². The molecule has 0 aliphatic heterocycles. The molecule has 84 valence electrons. The van der Waals surface area contributed by atoms with Gasteiger partial charge in [0.1, 0.15) is 5.82 Å². The monoisotopic (exact) mass is 248 g/mol. The molecule has 0 saturated carbocycles. The van der Waals surface area contributed by atoms with Crippen LogP contribution < -0.4 is 0 Å². The topological polar surface area (TPSA) is 43.1 Å². The normalized spacial score (nSPS) is 10.9. The molecule has 0 amide bonds. The van der Waals surface area contributed by atoms with Crippen LogP contribution in [-0.2, 0) is 0 Å². The van der Waals surface area contributed by atoms with Gasteiger partial charge in [-0.25, -0.2) is 13.9 Å². The van der Waals surface area contributed by atoms with Crippen molar-refractivity contribution in [2.75, 3.05) is 0 Å². The van der Waals surface area contributed by atoms with E-state index in [2.05, 4.69) is 15.1 Å². The average molecular weight is 249 g/mol. The largest absolute Gasteiger partial charge is 0.261 e. The van der Waals surface area contributed by atoms with Crippen molar-refractivity contribution in [3.8, 4) is 11.3 Å². The van der Waals surface area contributed by atoms with Crippen LogP contribution in [0.4, 0.5) is 4.39 Å². The second kappa shape index (κ2) is 3.78. The van der Waals surface area contributed by atoms with E-state index in [9.17, 15) is 4.39 Å². The molecule has 0 aliphatic rings. The van der Waals surface area contributed by atoms with Crippen molar-refractivity contribution < 1.29 is 4.39 Å². The first kappa shape index (κ1) is 10.2. The lowest BCUT2D eigenvalue weighted by atomic mass is 10.2. The quantitative estimate of drug-likeness (QED) is 0.622. The van der Waals surface area contributed by atoms with Gasteiger partial charge in [-0.3, -0.25) is 4.98 Å². The Morgan fingerprint density at radius 1 is 1.24 bits per heavy atom. The Labute approximate surface area is 101 Å². The highest BCUT2D eigenvalue weighted by Gasteiger charge is 2.07. The van der Waals surface area contributed by atoms with Crippen molar-refractivity contribution in [2.45, 2.75) is 0 Å². The molecule has 0 aromatic carbocycles. The van der Waals surface area contributed by atoms with E-state index in [4.69, 9.17) is 11.6 Å². The molecule has 0 spiro atoms. The molecule has 3 heterocycles. The predicted molar refractivity (Wildman–Crippen MR) is 61.2 cm³/mol. The molecular weight excluding hydrogens is 243 g/mol. The van der Waals surface area contributed by atoms with E-state index < -0.39 is 5.82 Å². The fourth-order valence-electron chi connectivity index (χ4n) is 1.60. The zero-order chi connectivity index (χ0) is 11.8. The molecule has 6 heteroatoms. The van der Waals surface area contributed by atoms with Gasteiger partial charge in [-0.2, -0.15) is 5.10 Å². The van der Waals surface area contributed by atoms with Gasteiger partial charge in [-0.15, -0.1) is 0 Å². The molecule has 0 radical (unpaired) electrons. The van der Waals surface area contributed by atoms with Gasteiger partial charge in [0.05, 0.1) is 23.6 Å². The predicted octanol–water partition coefficient (Wildman–Crippen LogP) is 2.58. The number of hydrogen-bond acceptors (Lipinski definition) is 3. The first-order chi connectivity index (χ1) is 8.24. The summed E-state index contributed by atoms with van der Waals surface area (Å²) in [6, 6.07) is 4.93. The lowest BCUT2D eigenvalue weighted by molar-refractivity contribution is 0.622. The highest BCUT2D eigenvalue weighted by Crippen LogP contribution is 2.21. The van der Waals surface area contributed by atoms with Crippen LogP contribution in [0, 0.1) is 5.82 Å². The number of fused-ring (bicyclic) bond motifs is 1. The Kier molecular flexibility index (Phi) is 2.26. The number of halogens is 2. The van der Waals surface area contributed by atoms with E-state index in [1.165, 1.54) is 16.8 Å². The molecule has 0 fully saturated rings. The Balaban J connectivity index is 2.23. The van der Waals surface area contributed by atoms with E-state index in [1.54, 1.807) is 18.3 Å². The third-order valence-corrected chi connectivity index (χ3v) is 2.59. The van der Waals surface area contributed by atoms with Crippen molar-refractivity contribution in [2.24, 2.45) is 0 Å². The minimum Gasteiger partial charge on any atom is -0.261 e. The van der Waals surface area contributed by atoms with E-state index in [0.29, 0.717) is 11.3 Å². The van der Waals surface area contributed by atoms with E-state index in [0.717, 1.165) is 11.7 Å². The second-order valence-corrected chi connectivity index (χ2v) is 3.81. The van der Waals surface area contributed by atoms with E-state index in [1.807, 2.05) is 0 Å². The Morgan fingerprint density at radius 2 is 2.12 bits per heavy atom. The van der Waals surface area contributed by atoms with E-state index in [-0.39, 0.29) is 5.28 Å². The lowest BCUT2D eigenvalue weighted by Crippen LogP contribution is -1.95. The maximum atomic E-state index is 13.1. The van der Waals surface area contributed by atoms with Crippen molar-refractivity contribution in [1.29, 1.82) is 0 Å². The van der Waals surface area contributed by atoms with E-state index >= 15 is 0 Å². The highest BCUT2D eigenvalue weighted by atomic mass is 35.5. The molecule has 17 heavy (non-hydrogen) atoms. The van der Waals surface area contributed by atoms with Crippen molar-refractivity contribution in [1.82, 2.24) is 19.6 Å². The van der Waals surface area contributed by atoms with Gasteiger partial charge >= 0.3 is 0 Å². The number of aromatic nitrogens is 4. The zero-order valence-corrected chi connectivity index (χ0v) is 9.26. The molecule has 0 N–H and O–H groups in total. The summed E-state index contributed by atoms with van der Waals surface area (Å²) in [5, 5.41) is 4.23. The molecule has 4 nitrogen and oxygen atoms in total. The van der Waals surface area contributed by atoms with Crippen LogP contribution in [0.5, 0.6) is 0 Å². The summed E-state index contributed by atoms with van der Waals surface area (Å²) in [7, 11) is 0. The fourth-order valence-corrected chi connectivity index (χ4v) is 1.83. The SMILES string of the molecule is Fc1cncc(-c2cc3ccnn3c(Cl)n2)c1.